The van der Waals surface area contributed by atoms with Crippen molar-refractivity contribution in [2.45, 2.75) is 18.9 Å². The quantitative estimate of drug-likeness (QED) is 0.744. The number of carbonyl (C=O) groups is 1. The van der Waals surface area contributed by atoms with E-state index < -0.39 is 0 Å². The monoisotopic (exact) mass is 361 g/mol. The summed E-state index contributed by atoms with van der Waals surface area (Å²) in [5.74, 6) is 1.58. The number of piperidine rings is 3. The minimum absolute atomic E-state index is 0.111. The number of aromatic nitrogens is 1. The molecular weight excluding hydrogens is 338 g/mol. The molecule has 3 aliphatic rings. The van der Waals surface area contributed by atoms with Crippen molar-refractivity contribution in [3.05, 3.63) is 60.5 Å². The summed E-state index contributed by atoms with van der Waals surface area (Å²) >= 11 is 0. The van der Waals surface area contributed by atoms with Gasteiger partial charge >= 0.3 is 0 Å². The molecule has 0 radical (unpaired) electrons. The van der Waals surface area contributed by atoms with E-state index >= 15 is 0 Å². The minimum atomic E-state index is -0.111. The highest BCUT2D eigenvalue weighted by Gasteiger charge is 2.35. The Morgan fingerprint density at radius 2 is 1.93 bits per heavy atom. The Hall–Kier alpha value is -2.79. The number of rotatable bonds is 4. The fourth-order valence-electron chi connectivity index (χ4n) is 4.33. The van der Waals surface area contributed by atoms with E-state index in [-0.39, 0.29) is 11.9 Å². The van der Waals surface area contributed by atoms with E-state index in [2.05, 4.69) is 27.3 Å². The first-order valence-electron chi connectivity index (χ1n) is 9.63. The van der Waals surface area contributed by atoms with Crippen LogP contribution in [0.15, 0.2) is 59.1 Å². The lowest BCUT2D eigenvalue weighted by Gasteiger charge is -2.44. The van der Waals surface area contributed by atoms with Crippen molar-refractivity contribution >= 4 is 5.91 Å². The van der Waals surface area contributed by atoms with Gasteiger partial charge in [0.2, 0.25) is 0 Å². The first-order chi connectivity index (χ1) is 13.3. The third-order valence-electron chi connectivity index (χ3n) is 5.86. The van der Waals surface area contributed by atoms with Gasteiger partial charge in [0.1, 0.15) is 5.76 Å². The summed E-state index contributed by atoms with van der Waals surface area (Å²) in [4.78, 5) is 18.3. The van der Waals surface area contributed by atoms with Gasteiger partial charge in [0, 0.05) is 30.0 Å². The molecule has 0 unspecified atom stereocenters. The van der Waals surface area contributed by atoms with Gasteiger partial charge in [-0.1, -0.05) is 18.2 Å². The van der Waals surface area contributed by atoms with Gasteiger partial charge in [-0.25, -0.2) is 0 Å². The number of furan rings is 1. The van der Waals surface area contributed by atoms with E-state index in [1.807, 2.05) is 36.5 Å². The van der Waals surface area contributed by atoms with Crippen molar-refractivity contribution in [1.82, 2.24) is 15.2 Å². The van der Waals surface area contributed by atoms with Crippen molar-refractivity contribution < 1.29 is 9.21 Å². The molecule has 5 heterocycles. The number of nitrogens with zero attached hydrogens (tertiary/aromatic N) is 1. The first-order valence-corrected chi connectivity index (χ1v) is 9.63. The van der Waals surface area contributed by atoms with Gasteiger partial charge in [-0.2, -0.15) is 0 Å². The average Bonchev–Trinajstić information content (AvgIpc) is 3.41. The van der Waals surface area contributed by atoms with Crippen LogP contribution in [0.4, 0.5) is 0 Å². The number of fused-ring (bicyclic) bond motifs is 3. The number of H-pyrrole nitrogens is 1. The zero-order valence-electron chi connectivity index (χ0n) is 15.2. The Balaban J connectivity index is 1.32. The molecule has 0 saturated carbocycles. The molecule has 3 fully saturated rings. The van der Waals surface area contributed by atoms with E-state index in [0.717, 1.165) is 23.4 Å². The number of carbonyl (C=O) groups excluding carboxylic acids is 1. The predicted molar refractivity (Wildman–Crippen MR) is 104 cm³/mol. The number of aromatic amines is 1. The SMILES string of the molecule is O=C(N[C@H]1CN2CCC1CC2)c1ccc(-c2cccc(-c3ccc[nH]3)c2)o1. The van der Waals surface area contributed by atoms with Crippen LogP contribution in [0.25, 0.3) is 22.6 Å². The summed E-state index contributed by atoms with van der Waals surface area (Å²) in [6.45, 7) is 3.29. The van der Waals surface area contributed by atoms with Crippen LogP contribution in [0.2, 0.25) is 0 Å². The highest BCUT2D eigenvalue weighted by molar-refractivity contribution is 5.92. The lowest BCUT2D eigenvalue weighted by Crippen LogP contribution is -2.57. The highest BCUT2D eigenvalue weighted by Crippen LogP contribution is 2.29. The van der Waals surface area contributed by atoms with E-state index in [9.17, 15) is 4.79 Å². The molecule has 5 nitrogen and oxygen atoms in total. The van der Waals surface area contributed by atoms with Crippen LogP contribution < -0.4 is 5.32 Å². The lowest BCUT2D eigenvalue weighted by atomic mass is 9.84. The number of hydrogen-bond acceptors (Lipinski definition) is 3. The van der Waals surface area contributed by atoms with Gasteiger partial charge in [0.05, 0.1) is 0 Å². The Labute approximate surface area is 158 Å². The van der Waals surface area contributed by atoms with Gasteiger partial charge in [-0.15, -0.1) is 0 Å². The largest absolute Gasteiger partial charge is 0.451 e. The van der Waals surface area contributed by atoms with E-state index in [4.69, 9.17) is 4.42 Å². The van der Waals surface area contributed by atoms with E-state index in [1.54, 1.807) is 6.07 Å². The molecule has 1 amide bonds. The van der Waals surface area contributed by atoms with Crippen LogP contribution in [0.3, 0.4) is 0 Å². The number of hydrogen-bond donors (Lipinski definition) is 2. The van der Waals surface area contributed by atoms with Crippen LogP contribution in [-0.4, -0.2) is 41.5 Å². The second-order valence-corrected chi connectivity index (χ2v) is 7.55. The smallest absolute Gasteiger partial charge is 0.287 e. The van der Waals surface area contributed by atoms with Crippen LogP contribution in [-0.2, 0) is 0 Å². The van der Waals surface area contributed by atoms with Crippen molar-refractivity contribution in [3.8, 4) is 22.6 Å². The van der Waals surface area contributed by atoms with Crippen LogP contribution >= 0.6 is 0 Å². The lowest BCUT2D eigenvalue weighted by molar-refractivity contribution is 0.0606. The van der Waals surface area contributed by atoms with Crippen molar-refractivity contribution in [2.75, 3.05) is 19.6 Å². The van der Waals surface area contributed by atoms with E-state index in [1.165, 1.54) is 25.9 Å². The number of amides is 1. The molecule has 0 spiro atoms. The Bertz CT molecular complexity index is 936. The molecule has 1 aromatic carbocycles. The maximum absolute atomic E-state index is 12.7. The summed E-state index contributed by atoms with van der Waals surface area (Å²) in [6.07, 6.45) is 4.27. The molecule has 138 valence electrons. The summed E-state index contributed by atoms with van der Waals surface area (Å²) in [5.41, 5.74) is 3.11. The first kappa shape index (κ1) is 16.4. The molecule has 1 atom stereocenters. The predicted octanol–water partition coefficient (Wildman–Crippen LogP) is 3.77. The molecule has 0 aliphatic carbocycles. The van der Waals surface area contributed by atoms with Gasteiger partial charge in [-0.3, -0.25) is 4.79 Å². The van der Waals surface area contributed by atoms with Gasteiger partial charge < -0.3 is 19.6 Å². The second kappa shape index (κ2) is 6.74. The maximum atomic E-state index is 12.7. The summed E-state index contributed by atoms with van der Waals surface area (Å²) in [7, 11) is 0. The van der Waals surface area contributed by atoms with E-state index in [0.29, 0.717) is 17.4 Å². The fourth-order valence-corrected chi connectivity index (χ4v) is 4.33. The fraction of sp³-hybridized carbons (Fsp3) is 0.318. The number of benzene rings is 1. The Morgan fingerprint density at radius 3 is 2.67 bits per heavy atom. The minimum Gasteiger partial charge on any atom is -0.451 e. The highest BCUT2D eigenvalue weighted by atomic mass is 16.3. The molecule has 2 N–H and O–H groups in total. The zero-order valence-corrected chi connectivity index (χ0v) is 15.2. The van der Waals surface area contributed by atoms with Crippen molar-refractivity contribution in [1.29, 1.82) is 0 Å². The number of nitrogens with one attached hydrogen (secondary N) is 2. The average molecular weight is 361 g/mol. The molecule has 2 bridgehead atoms. The molecule has 3 aliphatic heterocycles. The van der Waals surface area contributed by atoms with Crippen molar-refractivity contribution in [3.63, 3.8) is 0 Å². The van der Waals surface area contributed by atoms with Crippen LogP contribution in [0.5, 0.6) is 0 Å². The molecule has 3 saturated heterocycles. The molecule has 27 heavy (non-hydrogen) atoms. The zero-order chi connectivity index (χ0) is 18.2. The van der Waals surface area contributed by atoms with Crippen molar-refractivity contribution in [2.24, 2.45) is 5.92 Å². The second-order valence-electron chi connectivity index (χ2n) is 7.55. The molecule has 5 heteroatoms. The summed E-state index contributed by atoms with van der Waals surface area (Å²) in [6, 6.07) is 16.0. The topological polar surface area (TPSA) is 61.3 Å². The normalized spacial score (nSPS) is 24.1. The van der Waals surface area contributed by atoms with Crippen LogP contribution in [0, 0.1) is 5.92 Å². The molecule has 3 aromatic rings. The Kier molecular flexibility index (Phi) is 4.09. The molecular formula is C22H23N3O2. The third-order valence-corrected chi connectivity index (χ3v) is 5.86. The van der Waals surface area contributed by atoms with Gasteiger partial charge in [0.25, 0.3) is 5.91 Å². The van der Waals surface area contributed by atoms with Gasteiger partial charge in [0.15, 0.2) is 5.76 Å². The van der Waals surface area contributed by atoms with Gasteiger partial charge in [-0.05, 0) is 67.7 Å². The standard InChI is InChI=1S/C22H23N3O2/c26-22(24-19-14-25-11-8-15(19)9-12-25)21-7-6-20(27-21)17-4-1-3-16(13-17)18-5-2-10-23-18/h1-7,10,13,15,19,23H,8-9,11-12,14H2,(H,24,26)/t19-/m0/s1. The molecule has 2 aromatic heterocycles. The summed E-state index contributed by atoms with van der Waals surface area (Å²) in [5, 5.41) is 3.19. The van der Waals surface area contributed by atoms with Crippen LogP contribution in [0.1, 0.15) is 23.4 Å². The Morgan fingerprint density at radius 1 is 1.07 bits per heavy atom. The molecule has 6 rings (SSSR count). The third kappa shape index (κ3) is 3.19. The maximum Gasteiger partial charge on any atom is 0.287 e. The summed E-state index contributed by atoms with van der Waals surface area (Å²) < 4.78 is 5.89.